The van der Waals surface area contributed by atoms with Crippen molar-refractivity contribution in [1.82, 2.24) is 0 Å². The van der Waals surface area contributed by atoms with Crippen molar-refractivity contribution in [3.05, 3.63) is 0 Å². The van der Waals surface area contributed by atoms with Gasteiger partial charge in [0.2, 0.25) is 0 Å². The van der Waals surface area contributed by atoms with Gasteiger partial charge in [0, 0.05) is 170 Å². The van der Waals surface area contributed by atoms with E-state index in [1.54, 1.807) is 128 Å². The monoisotopic (exact) mass is 1160 g/mol. The van der Waals surface area contributed by atoms with Crippen molar-refractivity contribution in [3.63, 3.8) is 0 Å². The van der Waals surface area contributed by atoms with Crippen LogP contribution in [0.15, 0.2) is 0 Å². The molecule has 0 radical (unpaired) electrons. The summed E-state index contributed by atoms with van der Waals surface area (Å²) in [6.45, 7) is 5.37. The molecule has 0 amide bonds. The van der Waals surface area contributed by atoms with Gasteiger partial charge in [-0.3, -0.25) is 0 Å². The first-order chi connectivity index (χ1) is 34.3. The first kappa shape index (κ1) is 83.7. The Labute approximate surface area is 445 Å². The van der Waals surface area contributed by atoms with Crippen molar-refractivity contribution in [2.75, 3.05) is 161 Å². The largest absolute Gasteiger partial charge is 0.501 e. The molecule has 1 unspecified atom stereocenters. The van der Waals surface area contributed by atoms with Crippen LogP contribution < -0.4 is 34.4 Å². The summed E-state index contributed by atoms with van der Waals surface area (Å²) in [7, 11) is 15.2. The molecule has 12 N–H and O–H groups in total. The Morgan fingerprint density at radius 2 is 0.417 bits per heavy atom. The standard InChI is InChI=1S/C9H23NO3Si.C8H21NO3Si.2C7H19NO3Si.C6H17NO3Si.C5H15NO3Si/c1-11-14(12-2,13-3)9-7-5-4-6-8-10;1-10-13(11-2,12-3)8-6-4-5-7-9;1-7(8)5-6-12(9-2,10-3)11-4;1-9-12(10-2,11-3)7-5-4-6-8;1-8-11(9-2,10-3)6-4-5-7;1-7-10(8-2,9-3)5-4-6/h4-10H2,1-3H3;4-9H2,1-3H3;7H,5-6,8H2,1-4H3;4-8H2,1-3H3;4-7H2,1-3H3;4-6H2,1-3H3. The predicted molar refractivity (Wildman–Crippen MR) is 299 cm³/mol. The van der Waals surface area contributed by atoms with Gasteiger partial charge in [0.15, 0.2) is 0 Å². The lowest BCUT2D eigenvalue weighted by molar-refractivity contribution is 0.122. The first-order valence-electron chi connectivity index (χ1n) is 24.5. The fourth-order valence-electron chi connectivity index (χ4n) is 6.22. The summed E-state index contributed by atoms with van der Waals surface area (Å²) < 4.78 is 94.0. The maximum atomic E-state index is 5.62. The van der Waals surface area contributed by atoms with E-state index in [0.717, 1.165) is 101 Å². The Morgan fingerprint density at radius 3 is 0.625 bits per heavy atom. The highest BCUT2D eigenvalue weighted by Gasteiger charge is 2.40. The van der Waals surface area contributed by atoms with Gasteiger partial charge in [0.25, 0.3) is 0 Å². The minimum atomic E-state index is -2.36. The van der Waals surface area contributed by atoms with E-state index in [4.69, 9.17) is 114 Å². The molecule has 0 spiro atoms. The quantitative estimate of drug-likeness (QED) is 0.0376. The second kappa shape index (κ2) is 56.1. The zero-order chi connectivity index (χ0) is 56.9. The van der Waals surface area contributed by atoms with Gasteiger partial charge >= 0.3 is 52.8 Å². The first-order valence-corrected chi connectivity index (χ1v) is 36.1. The molecule has 0 aromatic carbocycles. The minimum Gasteiger partial charge on any atom is -0.377 e. The van der Waals surface area contributed by atoms with E-state index in [1.807, 2.05) is 6.92 Å². The Morgan fingerprint density at radius 1 is 0.236 bits per heavy atom. The molecule has 0 aromatic heterocycles. The normalized spacial score (nSPS) is 12.5. The van der Waals surface area contributed by atoms with Gasteiger partial charge in [0.05, 0.1) is 0 Å². The molecule has 0 heterocycles. The van der Waals surface area contributed by atoms with E-state index in [2.05, 4.69) is 0 Å². The molecule has 0 saturated heterocycles. The van der Waals surface area contributed by atoms with Gasteiger partial charge in [-0.2, -0.15) is 0 Å². The zero-order valence-corrected chi connectivity index (χ0v) is 54.9. The summed E-state index contributed by atoms with van der Waals surface area (Å²) in [5, 5.41) is 0. The summed E-state index contributed by atoms with van der Waals surface area (Å²) in [5.74, 6) is 0. The Bertz CT molecular complexity index is 1020. The highest BCUT2D eigenvalue weighted by atomic mass is 28.4. The average molecular weight is 1160 g/mol. The minimum absolute atomic E-state index is 0.164. The molecule has 0 aliphatic carbocycles. The molecule has 0 saturated carbocycles. The highest BCUT2D eigenvalue weighted by Crippen LogP contribution is 2.20. The number of hydrogen-bond donors (Lipinski definition) is 6. The Balaban J connectivity index is -0.000000182. The molecule has 0 aliphatic rings. The van der Waals surface area contributed by atoms with Crippen molar-refractivity contribution < 1.29 is 79.7 Å². The van der Waals surface area contributed by atoms with E-state index in [9.17, 15) is 0 Å². The predicted octanol–water partition coefficient (Wildman–Crippen LogP) is 3.62. The van der Waals surface area contributed by atoms with Crippen LogP contribution in [-0.4, -0.2) is 220 Å². The third-order valence-corrected chi connectivity index (χ3v) is 28.1. The Hall–Kier alpha value is 0.341. The fraction of sp³-hybridized carbons (Fsp3) is 1.00. The zero-order valence-electron chi connectivity index (χ0n) is 48.9. The smallest absolute Gasteiger partial charge is 0.377 e. The fourth-order valence-corrected chi connectivity index (χ4v) is 16.7. The summed E-state index contributed by atoms with van der Waals surface area (Å²) in [6, 6.07) is 4.99. The average Bonchev–Trinajstić information content (AvgIpc) is 3.43. The van der Waals surface area contributed by atoms with E-state index in [-0.39, 0.29) is 6.04 Å². The van der Waals surface area contributed by atoms with Crippen molar-refractivity contribution in [2.24, 2.45) is 34.4 Å². The summed E-state index contributed by atoms with van der Waals surface area (Å²) >= 11 is 0. The molecule has 0 bridgehead atoms. The van der Waals surface area contributed by atoms with Crippen LogP contribution in [0.4, 0.5) is 0 Å². The van der Waals surface area contributed by atoms with Gasteiger partial charge in [-0.1, -0.05) is 19.3 Å². The van der Waals surface area contributed by atoms with Crippen LogP contribution in [0, 0.1) is 0 Å². The van der Waals surface area contributed by atoms with Crippen LogP contribution in [0.2, 0.25) is 36.3 Å². The summed E-state index contributed by atoms with van der Waals surface area (Å²) in [5.41, 5.74) is 32.5. The van der Waals surface area contributed by atoms with Crippen molar-refractivity contribution in [3.8, 4) is 0 Å². The lowest BCUT2D eigenvalue weighted by Gasteiger charge is -2.24. The number of hydrogen-bond acceptors (Lipinski definition) is 24. The third kappa shape index (κ3) is 41.4. The molecule has 30 heteroatoms. The van der Waals surface area contributed by atoms with Gasteiger partial charge in [-0.25, -0.2) is 0 Å². The number of unbranched alkanes of at least 4 members (excludes halogenated alkanes) is 6. The lowest BCUT2D eigenvalue weighted by atomic mass is 10.2. The van der Waals surface area contributed by atoms with E-state index in [1.165, 1.54) is 12.8 Å². The van der Waals surface area contributed by atoms with Crippen LogP contribution >= 0.6 is 0 Å². The van der Waals surface area contributed by atoms with Gasteiger partial charge < -0.3 is 114 Å². The SMILES string of the molecule is CO[Si](CCC(C)N)(OC)OC.CO[Si](CCCCCCN)(OC)OC.CO[Si](CCCCCN)(OC)OC.CO[Si](CCCCN)(OC)OC.CO[Si](CCCN)(OC)OC.CO[Si](CCN)(OC)OC. The lowest BCUT2D eigenvalue weighted by Crippen LogP contribution is -2.44. The molecule has 0 aliphatic heterocycles. The van der Waals surface area contributed by atoms with Crippen LogP contribution in [0.5, 0.6) is 0 Å². The van der Waals surface area contributed by atoms with Crippen LogP contribution in [0.25, 0.3) is 0 Å². The third-order valence-electron chi connectivity index (χ3n) is 11.2. The van der Waals surface area contributed by atoms with Crippen molar-refractivity contribution in [2.45, 2.75) is 120 Å². The van der Waals surface area contributed by atoms with Gasteiger partial charge in [0.1, 0.15) is 0 Å². The van der Waals surface area contributed by atoms with Crippen LogP contribution in [-0.2, 0) is 79.7 Å². The van der Waals surface area contributed by atoms with Crippen LogP contribution in [0.1, 0.15) is 77.6 Å². The number of rotatable bonds is 41. The molecule has 72 heavy (non-hydrogen) atoms. The maximum absolute atomic E-state index is 5.62. The maximum Gasteiger partial charge on any atom is 0.501 e. The van der Waals surface area contributed by atoms with Gasteiger partial charge in [-0.15, -0.1) is 0 Å². The molecule has 444 valence electrons. The van der Waals surface area contributed by atoms with Crippen molar-refractivity contribution >= 4 is 52.8 Å². The summed E-state index contributed by atoms with van der Waals surface area (Å²) in [6.07, 6.45) is 11.5. The second-order valence-electron chi connectivity index (χ2n) is 15.5. The van der Waals surface area contributed by atoms with Crippen molar-refractivity contribution in [1.29, 1.82) is 0 Å². The van der Waals surface area contributed by atoms with E-state index in [0.29, 0.717) is 25.7 Å². The molecule has 0 aromatic rings. The molecular weight excluding hydrogens is 1050 g/mol. The topological polar surface area (TPSA) is 322 Å². The van der Waals surface area contributed by atoms with E-state index < -0.39 is 52.8 Å². The highest BCUT2D eigenvalue weighted by molar-refractivity contribution is 6.62. The molecule has 0 rings (SSSR count). The Kier molecular flexibility index (Phi) is 65.2. The van der Waals surface area contributed by atoms with Crippen LogP contribution in [0.3, 0.4) is 0 Å². The molecule has 0 fully saturated rings. The number of nitrogens with two attached hydrogens (primary N) is 6. The van der Waals surface area contributed by atoms with E-state index >= 15 is 0 Å². The second-order valence-corrected chi connectivity index (χ2v) is 34.1. The molecule has 24 nitrogen and oxygen atoms in total. The van der Waals surface area contributed by atoms with Gasteiger partial charge in [-0.05, 0) is 91.0 Å². The molecular formula is C42H114N6O18Si6. The summed E-state index contributed by atoms with van der Waals surface area (Å²) in [4.78, 5) is 0. The molecule has 1 atom stereocenters.